The van der Waals surface area contributed by atoms with Gasteiger partial charge in [0.25, 0.3) is 0 Å². The van der Waals surface area contributed by atoms with E-state index in [0.29, 0.717) is 33.7 Å². The van der Waals surface area contributed by atoms with Crippen molar-refractivity contribution in [3.8, 4) is 0 Å². The van der Waals surface area contributed by atoms with Crippen molar-refractivity contribution in [1.29, 1.82) is 0 Å². The van der Waals surface area contributed by atoms with Crippen LogP contribution in [0.15, 0.2) is 53.5 Å². The summed E-state index contributed by atoms with van der Waals surface area (Å²) < 4.78 is 4.89. The predicted molar refractivity (Wildman–Crippen MR) is 108 cm³/mol. The first-order chi connectivity index (χ1) is 13.6. The number of rotatable bonds is 7. The number of aromatic nitrogens is 2. The van der Waals surface area contributed by atoms with Crippen LogP contribution in [0.3, 0.4) is 0 Å². The van der Waals surface area contributed by atoms with Crippen molar-refractivity contribution in [2.24, 2.45) is 4.99 Å². The van der Waals surface area contributed by atoms with Crippen LogP contribution in [0.5, 0.6) is 0 Å². The lowest BCUT2D eigenvalue weighted by molar-refractivity contribution is -0.134. The number of Topliss-reactive ketones (excluding diaryl/α,β-unsaturated/α-hetero) is 1. The van der Waals surface area contributed by atoms with Gasteiger partial charge in [-0.15, -0.1) is 10.2 Å². The Kier molecular flexibility index (Phi) is 5.91. The van der Waals surface area contributed by atoms with Crippen molar-refractivity contribution in [3.63, 3.8) is 0 Å². The third-order valence-electron chi connectivity index (χ3n) is 3.85. The lowest BCUT2D eigenvalue weighted by Gasteiger charge is -2.13. The third kappa shape index (κ3) is 4.29. The van der Waals surface area contributed by atoms with Crippen LogP contribution in [0, 0.1) is 0 Å². The van der Waals surface area contributed by atoms with Gasteiger partial charge in [0.15, 0.2) is 11.6 Å². The minimum absolute atomic E-state index is 0.0740. The average Bonchev–Trinajstić information content (AvgIpc) is 2.71. The molecule has 0 aliphatic rings. The smallest absolute Gasteiger partial charge is 0.349 e. The molecule has 0 saturated heterocycles. The van der Waals surface area contributed by atoms with Gasteiger partial charge < -0.3 is 4.74 Å². The molecule has 1 aromatic heterocycles. The van der Waals surface area contributed by atoms with Gasteiger partial charge in [0.05, 0.1) is 17.8 Å². The molecule has 0 saturated carbocycles. The number of hydrogen-bond acceptors (Lipinski definition) is 8. The predicted octanol–water partition coefficient (Wildman–Crippen LogP) is 3.54. The van der Waals surface area contributed by atoms with Gasteiger partial charge in [-0.05, 0) is 32.0 Å². The first-order valence-corrected chi connectivity index (χ1v) is 8.68. The Morgan fingerprint density at radius 1 is 1.07 bits per heavy atom. The molecule has 2 N–H and O–H groups in total. The molecule has 3 rings (SSSR count). The summed E-state index contributed by atoms with van der Waals surface area (Å²) in [6, 6.07) is 14.4. The number of ether oxygens (including phenoxy) is 1. The van der Waals surface area contributed by atoms with Crippen LogP contribution >= 0.6 is 0 Å². The second kappa shape index (κ2) is 8.72. The molecule has 0 spiro atoms. The fourth-order valence-electron chi connectivity index (χ4n) is 2.58. The number of carbonyl (C=O) groups excluding carboxylic acids is 2. The van der Waals surface area contributed by atoms with Gasteiger partial charge in [-0.1, -0.05) is 30.3 Å². The van der Waals surface area contributed by atoms with Gasteiger partial charge in [0.2, 0.25) is 0 Å². The van der Waals surface area contributed by atoms with E-state index in [2.05, 4.69) is 26.0 Å². The van der Waals surface area contributed by atoms with Crippen molar-refractivity contribution >= 4 is 46.1 Å². The van der Waals surface area contributed by atoms with E-state index in [0.717, 1.165) is 6.21 Å². The summed E-state index contributed by atoms with van der Waals surface area (Å²) in [7, 11) is 0. The normalized spacial score (nSPS) is 10.8. The molecule has 28 heavy (non-hydrogen) atoms. The highest BCUT2D eigenvalue weighted by Crippen LogP contribution is 2.30. The number of nitrogens with one attached hydrogen (secondary N) is 2. The number of hydrogen-bond donors (Lipinski definition) is 2. The number of benzene rings is 2. The number of ketones is 1. The summed E-state index contributed by atoms with van der Waals surface area (Å²) >= 11 is 0. The molecule has 142 valence electrons. The van der Waals surface area contributed by atoms with Crippen LogP contribution in [0.25, 0.3) is 10.9 Å². The molecule has 3 aromatic rings. The second-order valence-electron chi connectivity index (χ2n) is 5.78. The molecule has 8 heteroatoms. The van der Waals surface area contributed by atoms with E-state index in [-0.39, 0.29) is 12.4 Å². The quantitative estimate of drug-likeness (QED) is 0.281. The fraction of sp³-hybridized carbons (Fsp3) is 0.150. The van der Waals surface area contributed by atoms with Gasteiger partial charge in [-0.3, -0.25) is 15.6 Å². The molecule has 1 heterocycles. The summed E-state index contributed by atoms with van der Waals surface area (Å²) in [5.74, 6) is -0.322. The van der Waals surface area contributed by atoms with E-state index in [9.17, 15) is 9.59 Å². The van der Waals surface area contributed by atoms with E-state index in [1.54, 1.807) is 31.2 Å². The first-order valence-electron chi connectivity index (χ1n) is 8.68. The standard InChI is InChI=1S/C20H19N5O3/c1-3-28-18(27)12-21-19-15-9-5-7-11-17(15)23-25-20(19)24-22-16-10-6-4-8-14(16)13(2)26/h4-12,22H,3H2,1-2H3,(H,24,25). The van der Waals surface area contributed by atoms with Crippen LogP contribution in [0.1, 0.15) is 24.2 Å². The Labute approximate surface area is 161 Å². The summed E-state index contributed by atoms with van der Waals surface area (Å²) in [4.78, 5) is 27.7. The van der Waals surface area contributed by atoms with Crippen LogP contribution in [0.4, 0.5) is 17.2 Å². The monoisotopic (exact) mass is 377 g/mol. The maximum Gasteiger partial charge on any atom is 0.349 e. The number of aliphatic imine (C=N–C) groups is 1. The topological polar surface area (TPSA) is 106 Å². The summed E-state index contributed by atoms with van der Waals surface area (Å²) in [5, 5.41) is 9.02. The van der Waals surface area contributed by atoms with E-state index in [4.69, 9.17) is 4.74 Å². The summed E-state index contributed by atoms with van der Waals surface area (Å²) in [6.07, 6.45) is 1.10. The number of anilines is 2. The highest BCUT2D eigenvalue weighted by atomic mass is 16.5. The highest BCUT2D eigenvalue weighted by Gasteiger charge is 2.12. The molecule has 0 aliphatic carbocycles. The van der Waals surface area contributed by atoms with Gasteiger partial charge in [-0.25, -0.2) is 9.79 Å². The van der Waals surface area contributed by atoms with Gasteiger partial charge in [0, 0.05) is 10.9 Å². The zero-order valence-electron chi connectivity index (χ0n) is 15.5. The van der Waals surface area contributed by atoms with Gasteiger partial charge >= 0.3 is 5.97 Å². The molecule has 8 nitrogen and oxygen atoms in total. The maximum atomic E-state index is 11.8. The van der Waals surface area contributed by atoms with E-state index >= 15 is 0 Å². The first kappa shape index (κ1) is 19.0. The van der Waals surface area contributed by atoms with E-state index in [1.165, 1.54) is 6.92 Å². The highest BCUT2D eigenvalue weighted by molar-refractivity contribution is 6.24. The third-order valence-corrected chi connectivity index (χ3v) is 3.85. The number of nitrogens with zero attached hydrogens (tertiary/aromatic N) is 3. The molecule has 0 unspecified atom stereocenters. The van der Waals surface area contributed by atoms with E-state index < -0.39 is 5.97 Å². The maximum absolute atomic E-state index is 11.8. The fourth-order valence-corrected chi connectivity index (χ4v) is 2.58. The Morgan fingerprint density at radius 2 is 1.82 bits per heavy atom. The Bertz CT molecular complexity index is 1050. The second-order valence-corrected chi connectivity index (χ2v) is 5.78. The molecule has 0 bridgehead atoms. The van der Waals surface area contributed by atoms with Crippen LogP contribution in [0.2, 0.25) is 0 Å². The van der Waals surface area contributed by atoms with Crippen molar-refractivity contribution < 1.29 is 14.3 Å². The summed E-state index contributed by atoms with van der Waals surface area (Å²) in [6.45, 7) is 3.47. The summed E-state index contributed by atoms with van der Waals surface area (Å²) in [5.41, 5.74) is 8.07. The number of esters is 1. The van der Waals surface area contributed by atoms with Crippen LogP contribution in [-0.4, -0.2) is 34.8 Å². The Hall–Kier alpha value is -3.81. The van der Waals surface area contributed by atoms with Crippen molar-refractivity contribution in [1.82, 2.24) is 10.2 Å². The number of para-hydroxylation sites is 1. The molecule has 0 radical (unpaired) electrons. The molecular formula is C20H19N5O3. The molecule has 2 aromatic carbocycles. The average molecular weight is 377 g/mol. The minimum Gasteiger partial charge on any atom is -0.462 e. The minimum atomic E-state index is -0.552. The molecular weight excluding hydrogens is 358 g/mol. The number of hydrazine groups is 1. The van der Waals surface area contributed by atoms with Crippen molar-refractivity contribution in [3.05, 3.63) is 54.1 Å². The van der Waals surface area contributed by atoms with Crippen LogP contribution < -0.4 is 10.9 Å². The van der Waals surface area contributed by atoms with Gasteiger partial charge in [0.1, 0.15) is 11.9 Å². The SMILES string of the molecule is CCOC(=O)C=Nc1c(NNc2ccccc2C(C)=O)nnc2ccccc12. The number of fused-ring (bicyclic) bond motifs is 1. The van der Waals surface area contributed by atoms with Crippen molar-refractivity contribution in [2.45, 2.75) is 13.8 Å². The lowest BCUT2D eigenvalue weighted by atomic mass is 10.1. The molecule has 0 amide bonds. The Morgan fingerprint density at radius 3 is 2.61 bits per heavy atom. The largest absolute Gasteiger partial charge is 0.462 e. The molecule has 0 aliphatic heterocycles. The number of carbonyl (C=O) groups is 2. The van der Waals surface area contributed by atoms with E-state index in [1.807, 2.05) is 24.3 Å². The zero-order chi connectivity index (χ0) is 19.9. The lowest BCUT2D eigenvalue weighted by Crippen LogP contribution is -2.13. The zero-order valence-corrected chi connectivity index (χ0v) is 15.5. The Balaban J connectivity index is 1.95. The van der Waals surface area contributed by atoms with Crippen molar-refractivity contribution in [2.75, 3.05) is 17.5 Å². The molecule has 0 fully saturated rings. The van der Waals surface area contributed by atoms with Crippen LogP contribution in [-0.2, 0) is 9.53 Å². The molecule has 0 atom stereocenters. The van der Waals surface area contributed by atoms with Gasteiger partial charge in [-0.2, -0.15) is 0 Å².